The first-order valence-corrected chi connectivity index (χ1v) is 8.70. The topological polar surface area (TPSA) is 90.5 Å². The molecule has 4 amide bonds. The Morgan fingerprint density at radius 3 is 2.64 bits per heavy atom. The third kappa shape index (κ3) is 3.92. The summed E-state index contributed by atoms with van der Waals surface area (Å²) in [6, 6.07) is 9.35. The number of imide groups is 1. The van der Waals surface area contributed by atoms with Crippen molar-refractivity contribution in [3.8, 4) is 0 Å². The molecule has 25 heavy (non-hydrogen) atoms. The van der Waals surface area contributed by atoms with Crippen LogP contribution in [-0.2, 0) is 9.59 Å². The Morgan fingerprint density at radius 2 is 1.96 bits per heavy atom. The summed E-state index contributed by atoms with van der Waals surface area (Å²) in [4.78, 5) is 37.5. The number of carbonyl (C=O) groups excluding carboxylic acids is 3. The number of hydrogen-bond acceptors (Lipinski definition) is 4. The van der Waals surface area contributed by atoms with Gasteiger partial charge >= 0.3 is 6.03 Å². The van der Waals surface area contributed by atoms with E-state index in [0.717, 1.165) is 36.4 Å². The molecule has 1 aliphatic carbocycles. The van der Waals surface area contributed by atoms with Crippen LogP contribution >= 0.6 is 0 Å². The highest BCUT2D eigenvalue weighted by Gasteiger charge is 2.56. The van der Waals surface area contributed by atoms with Crippen molar-refractivity contribution in [1.29, 1.82) is 0 Å². The van der Waals surface area contributed by atoms with Crippen LogP contribution in [0.25, 0.3) is 0 Å². The maximum absolute atomic E-state index is 12.4. The smallest absolute Gasteiger partial charge is 0.325 e. The number of benzene rings is 1. The lowest BCUT2D eigenvalue weighted by Gasteiger charge is -2.20. The summed E-state index contributed by atoms with van der Waals surface area (Å²) in [5, 5.41) is 8.75. The average molecular weight is 344 g/mol. The first-order valence-electron chi connectivity index (χ1n) is 8.70. The van der Waals surface area contributed by atoms with Crippen LogP contribution in [0.1, 0.15) is 26.2 Å². The Kier molecular flexibility index (Phi) is 4.92. The fourth-order valence-corrected chi connectivity index (χ4v) is 3.10. The lowest BCUT2D eigenvalue weighted by Crippen LogP contribution is -2.47. The van der Waals surface area contributed by atoms with E-state index in [1.165, 1.54) is 0 Å². The van der Waals surface area contributed by atoms with E-state index in [0.29, 0.717) is 6.54 Å². The molecule has 3 N–H and O–H groups in total. The summed E-state index contributed by atoms with van der Waals surface area (Å²) in [5.74, 6) is -0.412. The fraction of sp³-hybridized carbons (Fsp3) is 0.500. The molecule has 2 aliphatic rings. The van der Waals surface area contributed by atoms with Gasteiger partial charge in [-0.2, -0.15) is 0 Å². The molecule has 1 atom stereocenters. The summed E-state index contributed by atoms with van der Waals surface area (Å²) in [7, 11) is 0. The number of amides is 4. The van der Waals surface area contributed by atoms with E-state index in [9.17, 15) is 14.4 Å². The van der Waals surface area contributed by atoms with Crippen LogP contribution in [0, 0.1) is 5.92 Å². The van der Waals surface area contributed by atoms with Gasteiger partial charge in [0.1, 0.15) is 12.1 Å². The molecule has 0 aromatic heterocycles. The Balaban J connectivity index is 1.38. The Labute approximate surface area is 147 Å². The van der Waals surface area contributed by atoms with E-state index < -0.39 is 11.6 Å². The van der Waals surface area contributed by atoms with Crippen LogP contribution in [0.2, 0.25) is 0 Å². The number of anilines is 1. The van der Waals surface area contributed by atoms with Crippen LogP contribution in [0.15, 0.2) is 30.3 Å². The largest absolute Gasteiger partial charge is 0.385 e. The highest BCUT2D eigenvalue weighted by atomic mass is 16.2. The molecule has 2 fully saturated rings. The summed E-state index contributed by atoms with van der Waals surface area (Å²) in [6.07, 6.45) is 2.63. The second-order valence-corrected chi connectivity index (χ2v) is 6.79. The summed E-state index contributed by atoms with van der Waals surface area (Å²) in [6.45, 7) is 2.74. The van der Waals surface area contributed by atoms with E-state index in [4.69, 9.17) is 0 Å². The van der Waals surface area contributed by atoms with Crippen molar-refractivity contribution in [2.24, 2.45) is 5.92 Å². The van der Waals surface area contributed by atoms with Gasteiger partial charge in [0.2, 0.25) is 5.91 Å². The first kappa shape index (κ1) is 17.3. The molecule has 1 heterocycles. The molecular formula is C18H24N4O3. The van der Waals surface area contributed by atoms with Crippen molar-refractivity contribution in [3.63, 3.8) is 0 Å². The second kappa shape index (κ2) is 7.13. The number of urea groups is 1. The lowest BCUT2D eigenvalue weighted by atomic mass is 9.96. The highest BCUT2D eigenvalue weighted by Crippen LogP contribution is 2.42. The van der Waals surface area contributed by atoms with Gasteiger partial charge in [-0.3, -0.25) is 14.5 Å². The van der Waals surface area contributed by atoms with Gasteiger partial charge in [0, 0.05) is 18.8 Å². The monoisotopic (exact) mass is 344 g/mol. The quantitative estimate of drug-likeness (QED) is 0.490. The number of para-hydroxylation sites is 1. The van der Waals surface area contributed by atoms with Gasteiger partial charge in [0.15, 0.2) is 0 Å². The lowest BCUT2D eigenvalue weighted by molar-refractivity contribution is -0.135. The highest BCUT2D eigenvalue weighted by molar-refractivity contribution is 6.09. The minimum absolute atomic E-state index is 0.195. The van der Waals surface area contributed by atoms with E-state index in [1.807, 2.05) is 30.3 Å². The Hall–Kier alpha value is -2.57. The van der Waals surface area contributed by atoms with Crippen molar-refractivity contribution in [2.75, 3.05) is 25.0 Å². The molecule has 1 saturated carbocycles. The first-order chi connectivity index (χ1) is 12.0. The second-order valence-electron chi connectivity index (χ2n) is 6.79. The molecule has 0 bridgehead atoms. The van der Waals surface area contributed by atoms with Gasteiger partial charge in [-0.15, -0.1) is 0 Å². The molecule has 1 aliphatic heterocycles. The van der Waals surface area contributed by atoms with Gasteiger partial charge < -0.3 is 16.0 Å². The molecule has 1 aromatic rings. The number of nitrogens with zero attached hydrogens (tertiary/aromatic N) is 1. The molecule has 134 valence electrons. The third-order valence-corrected chi connectivity index (χ3v) is 4.78. The number of carbonyl (C=O) groups is 3. The van der Waals surface area contributed by atoms with Gasteiger partial charge in [0.05, 0.1) is 0 Å². The minimum Gasteiger partial charge on any atom is -0.385 e. The standard InChI is InChI=1S/C18H24N4O3/c1-18(13-8-9-13)16(24)22(17(25)21-18)12-15(23)20-11-5-10-19-14-6-3-2-4-7-14/h2-4,6-7,13,19H,5,8-12H2,1H3,(H,20,23)(H,21,25)/t18-/m1/s1. The van der Waals surface area contributed by atoms with E-state index in [-0.39, 0.29) is 24.3 Å². The molecule has 7 heteroatoms. The zero-order chi connectivity index (χ0) is 17.9. The van der Waals surface area contributed by atoms with Crippen LogP contribution in [0.5, 0.6) is 0 Å². The molecule has 1 aromatic carbocycles. The molecule has 0 unspecified atom stereocenters. The maximum atomic E-state index is 12.4. The summed E-state index contributed by atoms with van der Waals surface area (Å²) < 4.78 is 0. The molecule has 7 nitrogen and oxygen atoms in total. The molecule has 3 rings (SSSR count). The molecular weight excluding hydrogens is 320 g/mol. The Morgan fingerprint density at radius 1 is 1.24 bits per heavy atom. The third-order valence-electron chi connectivity index (χ3n) is 4.78. The number of nitrogens with one attached hydrogen (secondary N) is 3. The van der Waals surface area contributed by atoms with E-state index >= 15 is 0 Å². The average Bonchev–Trinajstić information content (AvgIpc) is 3.42. The normalized spacial score (nSPS) is 22.7. The van der Waals surface area contributed by atoms with Crippen LogP contribution in [-0.4, -0.2) is 47.9 Å². The van der Waals surface area contributed by atoms with Gasteiger partial charge in [-0.25, -0.2) is 4.79 Å². The van der Waals surface area contributed by atoms with E-state index in [2.05, 4.69) is 16.0 Å². The molecule has 0 radical (unpaired) electrons. The summed E-state index contributed by atoms with van der Waals surface area (Å²) >= 11 is 0. The number of rotatable bonds is 8. The fourth-order valence-electron chi connectivity index (χ4n) is 3.10. The Bertz CT molecular complexity index is 660. The zero-order valence-electron chi connectivity index (χ0n) is 14.4. The predicted molar refractivity (Wildman–Crippen MR) is 93.9 cm³/mol. The van der Waals surface area contributed by atoms with Crippen LogP contribution in [0.3, 0.4) is 0 Å². The van der Waals surface area contributed by atoms with Crippen molar-refractivity contribution >= 4 is 23.5 Å². The molecule has 0 spiro atoms. The molecule has 1 saturated heterocycles. The maximum Gasteiger partial charge on any atom is 0.325 e. The minimum atomic E-state index is -0.836. The van der Waals surface area contributed by atoms with Gasteiger partial charge in [0.25, 0.3) is 5.91 Å². The van der Waals surface area contributed by atoms with Crippen LogP contribution in [0.4, 0.5) is 10.5 Å². The van der Waals surface area contributed by atoms with Crippen molar-refractivity contribution in [1.82, 2.24) is 15.5 Å². The zero-order valence-corrected chi connectivity index (χ0v) is 14.4. The number of hydrogen-bond donors (Lipinski definition) is 3. The van der Waals surface area contributed by atoms with Crippen molar-refractivity contribution in [3.05, 3.63) is 30.3 Å². The van der Waals surface area contributed by atoms with Gasteiger partial charge in [-0.05, 0) is 44.2 Å². The van der Waals surface area contributed by atoms with Crippen molar-refractivity contribution in [2.45, 2.75) is 31.7 Å². The SMILES string of the molecule is C[C@]1(C2CC2)NC(=O)N(CC(=O)NCCCNc2ccccc2)C1=O. The summed E-state index contributed by atoms with van der Waals surface area (Å²) in [5.41, 5.74) is 0.198. The van der Waals surface area contributed by atoms with Crippen LogP contribution < -0.4 is 16.0 Å². The van der Waals surface area contributed by atoms with Crippen molar-refractivity contribution < 1.29 is 14.4 Å². The van der Waals surface area contributed by atoms with Gasteiger partial charge in [-0.1, -0.05) is 18.2 Å². The van der Waals surface area contributed by atoms with E-state index in [1.54, 1.807) is 6.92 Å². The predicted octanol–water partition coefficient (Wildman–Crippen LogP) is 1.33.